The zero-order valence-corrected chi connectivity index (χ0v) is 12.6. The molecular formula is C21H16N2. The number of rotatable bonds is 4. The fourth-order valence-electron chi connectivity index (χ4n) is 2.14. The lowest BCUT2D eigenvalue weighted by Crippen LogP contribution is -1.81. The van der Waals surface area contributed by atoms with Crippen molar-refractivity contribution in [2.75, 3.05) is 0 Å². The van der Waals surface area contributed by atoms with Gasteiger partial charge in [-0.05, 0) is 23.8 Å². The van der Waals surface area contributed by atoms with E-state index in [-0.39, 0.29) is 0 Å². The van der Waals surface area contributed by atoms with Gasteiger partial charge in [-0.25, -0.2) is 0 Å². The van der Waals surface area contributed by atoms with Crippen LogP contribution in [0.25, 0.3) is 11.8 Å². The second-order valence-electron chi connectivity index (χ2n) is 4.97. The molecule has 0 unspecified atom stereocenters. The molecule has 2 heteroatoms. The van der Waals surface area contributed by atoms with E-state index in [1.807, 2.05) is 97.1 Å². The first-order chi connectivity index (χ1) is 11.4. The maximum Gasteiger partial charge on any atom is 0.100 e. The quantitative estimate of drug-likeness (QED) is 0.436. The van der Waals surface area contributed by atoms with Gasteiger partial charge in [-0.3, -0.25) is 0 Å². The highest BCUT2D eigenvalue weighted by molar-refractivity contribution is 5.83. The van der Waals surface area contributed by atoms with Crippen LogP contribution < -0.4 is 0 Å². The van der Waals surface area contributed by atoms with Gasteiger partial charge in [0.25, 0.3) is 0 Å². The van der Waals surface area contributed by atoms with Crippen molar-refractivity contribution in [3.05, 3.63) is 102 Å². The minimum Gasteiger partial charge on any atom is -0.188 e. The van der Waals surface area contributed by atoms with Crippen molar-refractivity contribution >= 4 is 23.5 Å². The lowest BCUT2D eigenvalue weighted by atomic mass is 10.1. The van der Waals surface area contributed by atoms with E-state index in [9.17, 15) is 0 Å². The van der Waals surface area contributed by atoms with Gasteiger partial charge < -0.3 is 0 Å². The van der Waals surface area contributed by atoms with Crippen LogP contribution >= 0.6 is 0 Å². The lowest BCUT2D eigenvalue weighted by molar-refractivity contribution is 1.49. The van der Waals surface area contributed by atoms with Gasteiger partial charge in [-0.15, -0.1) is 0 Å². The Labute approximate surface area is 136 Å². The molecule has 0 saturated heterocycles. The molecule has 0 saturated carbocycles. The van der Waals surface area contributed by atoms with Crippen LogP contribution in [0.3, 0.4) is 0 Å². The van der Waals surface area contributed by atoms with Crippen LogP contribution in [0.15, 0.2) is 101 Å². The van der Waals surface area contributed by atoms with Crippen LogP contribution in [0, 0.1) is 0 Å². The zero-order valence-electron chi connectivity index (χ0n) is 12.6. The number of hydrogen-bond acceptors (Lipinski definition) is 2. The highest BCUT2D eigenvalue weighted by atomic mass is 14.8. The first-order valence-electron chi connectivity index (χ1n) is 7.45. The van der Waals surface area contributed by atoms with E-state index in [2.05, 4.69) is 16.0 Å². The predicted octanol–water partition coefficient (Wildman–Crippen LogP) is 5.69. The van der Waals surface area contributed by atoms with Crippen molar-refractivity contribution in [2.45, 2.75) is 0 Å². The highest BCUT2D eigenvalue weighted by Crippen LogP contribution is 2.19. The minimum atomic E-state index is 0.830. The average molecular weight is 296 g/mol. The van der Waals surface area contributed by atoms with Crippen LogP contribution in [-0.2, 0) is 0 Å². The molecule has 0 radical (unpaired) electrons. The van der Waals surface area contributed by atoms with Crippen molar-refractivity contribution in [1.82, 2.24) is 0 Å². The fraction of sp³-hybridized carbons (Fsp3) is 0. The normalized spacial score (nSPS) is 10.7. The highest BCUT2D eigenvalue weighted by Gasteiger charge is 1.99. The van der Waals surface area contributed by atoms with Crippen LogP contribution in [0.1, 0.15) is 11.1 Å². The Balaban J connectivity index is 1.96. The van der Waals surface area contributed by atoms with E-state index in [4.69, 9.17) is 0 Å². The number of aliphatic imine (C=N–C) groups is 2. The summed E-state index contributed by atoms with van der Waals surface area (Å²) >= 11 is 0. The van der Waals surface area contributed by atoms with Crippen LogP contribution in [-0.4, -0.2) is 6.01 Å². The van der Waals surface area contributed by atoms with E-state index in [1.165, 1.54) is 0 Å². The first kappa shape index (κ1) is 14.7. The van der Waals surface area contributed by atoms with Crippen LogP contribution in [0.5, 0.6) is 0 Å². The molecule has 0 aliphatic heterocycles. The number of nitrogens with zero attached hydrogens (tertiary/aromatic N) is 2. The van der Waals surface area contributed by atoms with E-state index >= 15 is 0 Å². The van der Waals surface area contributed by atoms with E-state index in [1.54, 1.807) is 0 Å². The molecule has 3 aromatic rings. The molecular weight excluding hydrogens is 280 g/mol. The van der Waals surface area contributed by atoms with Gasteiger partial charge in [0.15, 0.2) is 0 Å². The Morgan fingerprint density at radius 2 is 1.26 bits per heavy atom. The van der Waals surface area contributed by atoms with E-state index in [0.717, 1.165) is 22.5 Å². The molecule has 0 amide bonds. The first-order valence-corrected chi connectivity index (χ1v) is 7.45. The van der Waals surface area contributed by atoms with Gasteiger partial charge >= 0.3 is 0 Å². The smallest absolute Gasteiger partial charge is 0.100 e. The SMILES string of the molecule is C(=N/C(=C/c1ccccc1)c1ccccc1)=Nc1ccccc1. The molecule has 3 aromatic carbocycles. The standard InChI is InChI=1S/C21H16N2/c1-4-10-18(11-5-1)16-21(19-12-6-2-7-13-19)23-17-22-20-14-8-3-9-15-20/h1-16H/b21-16+. The maximum absolute atomic E-state index is 4.43. The Morgan fingerprint density at radius 1 is 0.696 bits per heavy atom. The van der Waals surface area contributed by atoms with Gasteiger partial charge in [0, 0.05) is 5.56 Å². The Bertz CT molecular complexity index is 829. The van der Waals surface area contributed by atoms with Crippen molar-refractivity contribution in [2.24, 2.45) is 9.98 Å². The van der Waals surface area contributed by atoms with Gasteiger partial charge in [0.1, 0.15) is 6.01 Å². The molecule has 3 rings (SSSR count). The van der Waals surface area contributed by atoms with Crippen molar-refractivity contribution in [3.8, 4) is 0 Å². The van der Waals surface area contributed by atoms with Crippen molar-refractivity contribution in [3.63, 3.8) is 0 Å². The summed E-state index contributed by atoms with van der Waals surface area (Å²) in [5.74, 6) is 0. The second-order valence-corrected chi connectivity index (χ2v) is 4.97. The Morgan fingerprint density at radius 3 is 1.91 bits per heavy atom. The van der Waals surface area contributed by atoms with E-state index in [0.29, 0.717) is 0 Å². The molecule has 0 fully saturated rings. The molecule has 110 valence electrons. The third kappa shape index (κ3) is 4.37. The summed E-state index contributed by atoms with van der Waals surface area (Å²) in [6.07, 6.45) is 2.03. The zero-order chi connectivity index (χ0) is 15.7. The fourth-order valence-corrected chi connectivity index (χ4v) is 2.14. The molecule has 0 aliphatic carbocycles. The number of hydrogen-bond donors (Lipinski definition) is 0. The van der Waals surface area contributed by atoms with E-state index < -0.39 is 0 Å². The van der Waals surface area contributed by atoms with Crippen LogP contribution in [0.4, 0.5) is 5.69 Å². The Hall–Kier alpha value is -3.22. The molecule has 0 spiro atoms. The monoisotopic (exact) mass is 296 g/mol. The molecule has 0 heterocycles. The van der Waals surface area contributed by atoms with Gasteiger partial charge in [-0.2, -0.15) is 9.98 Å². The number of para-hydroxylation sites is 1. The third-order valence-corrected chi connectivity index (χ3v) is 3.28. The summed E-state index contributed by atoms with van der Waals surface area (Å²) in [5, 5.41) is 0. The number of benzene rings is 3. The average Bonchev–Trinajstić information content (AvgIpc) is 2.63. The molecule has 0 aliphatic rings. The van der Waals surface area contributed by atoms with Gasteiger partial charge in [0.2, 0.25) is 0 Å². The summed E-state index contributed by atoms with van der Waals surface area (Å²) in [4.78, 5) is 8.68. The summed E-state index contributed by atoms with van der Waals surface area (Å²) in [6.45, 7) is 0. The molecule has 0 bridgehead atoms. The summed E-state index contributed by atoms with van der Waals surface area (Å²) in [5.41, 5.74) is 3.79. The summed E-state index contributed by atoms with van der Waals surface area (Å²) < 4.78 is 0. The molecule has 2 nitrogen and oxygen atoms in total. The molecule has 0 aromatic heterocycles. The molecule has 23 heavy (non-hydrogen) atoms. The predicted molar refractivity (Wildman–Crippen MR) is 96.7 cm³/mol. The Kier molecular flexibility index (Phi) is 4.92. The molecule has 0 N–H and O–H groups in total. The second kappa shape index (κ2) is 7.69. The maximum atomic E-state index is 4.43. The van der Waals surface area contributed by atoms with Crippen molar-refractivity contribution < 1.29 is 0 Å². The third-order valence-electron chi connectivity index (χ3n) is 3.28. The summed E-state index contributed by atoms with van der Waals surface area (Å²) in [7, 11) is 0. The lowest BCUT2D eigenvalue weighted by Gasteiger charge is -2.00. The minimum absolute atomic E-state index is 0.830. The summed E-state index contributed by atoms with van der Waals surface area (Å²) in [6, 6.07) is 32.7. The topological polar surface area (TPSA) is 24.7 Å². The van der Waals surface area contributed by atoms with Crippen molar-refractivity contribution in [1.29, 1.82) is 0 Å². The largest absolute Gasteiger partial charge is 0.188 e. The molecule has 0 atom stereocenters. The van der Waals surface area contributed by atoms with Gasteiger partial charge in [0.05, 0.1) is 11.4 Å². The van der Waals surface area contributed by atoms with Crippen LogP contribution in [0.2, 0.25) is 0 Å². The van der Waals surface area contributed by atoms with Gasteiger partial charge in [-0.1, -0.05) is 78.9 Å².